The maximum Gasteiger partial charge on any atom is 0.261 e. The predicted octanol–water partition coefficient (Wildman–Crippen LogP) is 0.839. The third kappa shape index (κ3) is 4.33. The lowest BCUT2D eigenvalue weighted by atomic mass is 10.1. The highest BCUT2D eigenvalue weighted by molar-refractivity contribution is 7.14. The van der Waals surface area contributed by atoms with Crippen LogP contribution in [0.4, 0.5) is 0 Å². The van der Waals surface area contributed by atoms with Gasteiger partial charge in [-0.05, 0) is 24.5 Å². The Kier molecular flexibility index (Phi) is 5.98. The van der Waals surface area contributed by atoms with E-state index in [1.54, 1.807) is 0 Å². The van der Waals surface area contributed by atoms with Gasteiger partial charge in [-0.3, -0.25) is 9.59 Å². The van der Waals surface area contributed by atoms with Gasteiger partial charge < -0.3 is 16.2 Å². The molecule has 1 aromatic heterocycles. The smallest absolute Gasteiger partial charge is 0.261 e. The summed E-state index contributed by atoms with van der Waals surface area (Å²) in [5.41, 5.74) is 6.10. The Labute approximate surface area is 116 Å². The summed E-state index contributed by atoms with van der Waals surface area (Å²) in [4.78, 5) is 24.4. The summed E-state index contributed by atoms with van der Waals surface area (Å²) < 4.78 is 0. The van der Waals surface area contributed by atoms with Crippen LogP contribution in [-0.4, -0.2) is 29.6 Å². The summed E-state index contributed by atoms with van der Waals surface area (Å²) in [6.07, 6.45) is 1.55. The third-order valence-corrected chi connectivity index (χ3v) is 4.00. The van der Waals surface area contributed by atoms with Crippen LogP contribution in [0.3, 0.4) is 0 Å². The van der Waals surface area contributed by atoms with E-state index in [0.29, 0.717) is 4.88 Å². The molecule has 1 rings (SSSR count). The number of rotatable bonds is 7. The van der Waals surface area contributed by atoms with E-state index in [9.17, 15) is 14.7 Å². The first-order chi connectivity index (χ1) is 8.99. The van der Waals surface area contributed by atoms with Gasteiger partial charge in [0.25, 0.3) is 5.91 Å². The number of aryl methyl sites for hydroxylation is 2. The van der Waals surface area contributed by atoms with Crippen molar-refractivity contribution < 1.29 is 14.7 Å². The number of amides is 2. The molecule has 1 heterocycles. The van der Waals surface area contributed by atoms with Gasteiger partial charge >= 0.3 is 0 Å². The summed E-state index contributed by atoms with van der Waals surface area (Å²) in [6.45, 7) is 4.00. The van der Waals surface area contributed by atoms with Crippen LogP contribution in [0, 0.1) is 0 Å². The van der Waals surface area contributed by atoms with E-state index in [0.717, 1.165) is 19.3 Å². The second kappa shape index (κ2) is 7.25. The molecule has 4 N–H and O–H groups in total. The highest BCUT2D eigenvalue weighted by Crippen LogP contribution is 2.24. The van der Waals surface area contributed by atoms with Crippen molar-refractivity contribution in [2.75, 3.05) is 6.54 Å². The maximum atomic E-state index is 11.9. The number of primary amides is 1. The molecule has 0 aliphatic rings. The average Bonchev–Trinajstić information content (AvgIpc) is 2.79. The molecule has 0 bridgehead atoms. The van der Waals surface area contributed by atoms with E-state index >= 15 is 0 Å². The molecule has 1 aromatic rings. The Morgan fingerprint density at radius 1 is 1.47 bits per heavy atom. The van der Waals surface area contributed by atoms with Crippen molar-refractivity contribution in [3.8, 4) is 0 Å². The van der Waals surface area contributed by atoms with Gasteiger partial charge in [0.1, 0.15) is 6.10 Å². The van der Waals surface area contributed by atoms with Gasteiger partial charge in [0.2, 0.25) is 5.91 Å². The number of aliphatic hydroxyl groups is 1. The first-order valence-electron chi connectivity index (χ1n) is 6.36. The van der Waals surface area contributed by atoms with Crippen LogP contribution in [0.15, 0.2) is 6.07 Å². The molecule has 6 heteroatoms. The van der Waals surface area contributed by atoms with Crippen LogP contribution in [0.1, 0.15) is 40.4 Å². The number of aliphatic hydroxyl groups excluding tert-OH is 1. The maximum absolute atomic E-state index is 11.9. The molecule has 1 atom stereocenters. The van der Waals surface area contributed by atoms with Crippen molar-refractivity contribution in [1.29, 1.82) is 0 Å². The molecular weight excluding hydrogens is 264 g/mol. The molecule has 0 spiro atoms. The largest absolute Gasteiger partial charge is 0.381 e. The van der Waals surface area contributed by atoms with Gasteiger partial charge in [0.05, 0.1) is 11.4 Å². The van der Waals surface area contributed by atoms with Crippen LogP contribution in [0.5, 0.6) is 0 Å². The van der Waals surface area contributed by atoms with Gasteiger partial charge in [0, 0.05) is 4.88 Å². The fourth-order valence-corrected chi connectivity index (χ4v) is 2.97. The Hall–Kier alpha value is -1.40. The van der Waals surface area contributed by atoms with Crippen LogP contribution in [-0.2, 0) is 17.6 Å². The number of hydrogen-bond acceptors (Lipinski definition) is 4. The molecule has 2 amide bonds. The second-order valence-corrected chi connectivity index (χ2v) is 5.43. The van der Waals surface area contributed by atoms with Gasteiger partial charge in [-0.2, -0.15) is 0 Å². The van der Waals surface area contributed by atoms with E-state index in [-0.39, 0.29) is 12.5 Å². The first kappa shape index (κ1) is 15.7. The minimum atomic E-state index is -1.34. The first-order valence-corrected chi connectivity index (χ1v) is 7.18. The van der Waals surface area contributed by atoms with Crippen LogP contribution in [0.25, 0.3) is 0 Å². The summed E-state index contributed by atoms with van der Waals surface area (Å²) in [7, 11) is 0. The lowest BCUT2D eigenvalue weighted by molar-refractivity contribution is -0.125. The van der Waals surface area contributed by atoms with E-state index in [2.05, 4.69) is 19.2 Å². The number of thiophene rings is 1. The molecule has 0 saturated heterocycles. The van der Waals surface area contributed by atoms with Gasteiger partial charge in [-0.15, -0.1) is 11.3 Å². The minimum Gasteiger partial charge on any atom is -0.381 e. The van der Waals surface area contributed by atoms with Gasteiger partial charge in [-0.25, -0.2) is 0 Å². The highest BCUT2D eigenvalue weighted by Gasteiger charge is 2.16. The molecule has 0 saturated carbocycles. The van der Waals surface area contributed by atoms with Gasteiger partial charge in [0.15, 0.2) is 0 Å². The summed E-state index contributed by atoms with van der Waals surface area (Å²) >= 11 is 1.47. The van der Waals surface area contributed by atoms with Crippen molar-refractivity contribution >= 4 is 23.2 Å². The fourth-order valence-electron chi connectivity index (χ4n) is 1.69. The molecule has 0 aromatic carbocycles. The predicted molar refractivity (Wildman–Crippen MR) is 75.2 cm³/mol. The Morgan fingerprint density at radius 3 is 2.68 bits per heavy atom. The molecule has 0 aliphatic heterocycles. The second-order valence-electron chi connectivity index (χ2n) is 4.29. The lowest BCUT2D eigenvalue weighted by Crippen LogP contribution is -2.39. The topological polar surface area (TPSA) is 92.4 Å². The van der Waals surface area contributed by atoms with Crippen LogP contribution < -0.4 is 11.1 Å². The third-order valence-electron chi connectivity index (χ3n) is 2.76. The summed E-state index contributed by atoms with van der Waals surface area (Å²) in [5.74, 6) is -1.12. The molecule has 0 fully saturated rings. The molecule has 5 nitrogen and oxygen atoms in total. The van der Waals surface area contributed by atoms with Crippen molar-refractivity contribution in [3.05, 3.63) is 21.4 Å². The Bertz CT molecular complexity index is 457. The summed E-state index contributed by atoms with van der Waals surface area (Å²) in [6, 6.07) is 1.88. The zero-order valence-electron chi connectivity index (χ0n) is 11.2. The van der Waals surface area contributed by atoms with E-state index in [1.165, 1.54) is 21.8 Å². The quantitative estimate of drug-likeness (QED) is 0.692. The summed E-state index contributed by atoms with van der Waals surface area (Å²) in [5, 5.41) is 11.7. The monoisotopic (exact) mass is 284 g/mol. The minimum absolute atomic E-state index is 0.156. The van der Waals surface area contributed by atoms with Crippen molar-refractivity contribution in [1.82, 2.24) is 5.32 Å². The van der Waals surface area contributed by atoms with Crippen molar-refractivity contribution in [2.45, 2.75) is 39.2 Å². The van der Waals surface area contributed by atoms with E-state index < -0.39 is 12.0 Å². The number of carbonyl (C=O) groups is 2. The Balaban J connectivity index is 2.69. The molecule has 106 valence electrons. The van der Waals surface area contributed by atoms with Crippen LogP contribution in [0.2, 0.25) is 0 Å². The SMILES string of the molecule is CCCc1sc(C(=O)NCC(O)C(N)=O)cc1CC. The lowest BCUT2D eigenvalue weighted by Gasteiger charge is -2.07. The molecule has 19 heavy (non-hydrogen) atoms. The zero-order valence-corrected chi connectivity index (χ0v) is 12.0. The molecule has 0 radical (unpaired) electrons. The standard InChI is InChI=1S/C13H20N2O3S/c1-3-5-10-8(4-2)6-11(19-10)13(18)15-7-9(16)12(14)17/h6,9,16H,3-5,7H2,1-2H3,(H2,14,17)(H,15,18). The zero-order chi connectivity index (χ0) is 14.4. The highest BCUT2D eigenvalue weighted by atomic mass is 32.1. The average molecular weight is 284 g/mol. The number of carbonyl (C=O) groups excluding carboxylic acids is 2. The molecule has 1 unspecified atom stereocenters. The number of nitrogens with one attached hydrogen (secondary N) is 1. The molecular formula is C13H20N2O3S. The van der Waals surface area contributed by atoms with Gasteiger partial charge in [-0.1, -0.05) is 20.3 Å². The van der Waals surface area contributed by atoms with Crippen molar-refractivity contribution in [2.24, 2.45) is 5.73 Å². The fraction of sp³-hybridized carbons (Fsp3) is 0.538. The van der Waals surface area contributed by atoms with E-state index in [4.69, 9.17) is 5.73 Å². The normalized spacial score (nSPS) is 12.2. The number of nitrogens with two attached hydrogens (primary N) is 1. The van der Waals surface area contributed by atoms with Crippen molar-refractivity contribution in [3.63, 3.8) is 0 Å². The van der Waals surface area contributed by atoms with E-state index in [1.807, 2.05) is 6.07 Å². The van der Waals surface area contributed by atoms with Crippen LogP contribution >= 0.6 is 11.3 Å². The Morgan fingerprint density at radius 2 is 2.16 bits per heavy atom. The number of hydrogen-bond donors (Lipinski definition) is 3. The molecule has 0 aliphatic carbocycles.